The molecule has 2 heterocycles. The minimum Gasteiger partial charge on any atom is -0.493 e. The number of thiazole rings is 1. The molecule has 0 spiro atoms. The Kier molecular flexibility index (Phi) is 7.31. The molecule has 2 aromatic carbocycles. The van der Waals surface area contributed by atoms with Crippen LogP contribution < -0.4 is 24.4 Å². The van der Waals surface area contributed by atoms with E-state index in [1.54, 1.807) is 43.7 Å². The number of aromatic nitrogens is 1. The molecule has 44 heavy (non-hydrogen) atoms. The third-order valence-electron chi connectivity index (χ3n) is 9.79. The van der Waals surface area contributed by atoms with Crippen LogP contribution in [0.2, 0.25) is 0 Å². The molecule has 1 aromatic heterocycles. The highest BCUT2D eigenvalue weighted by molar-refractivity contribution is 7.07. The molecule has 5 aliphatic rings. The number of benzene rings is 2. The topological polar surface area (TPSA) is 96.2 Å². The van der Waals surface area contributed by atoms with E-state index in [4.69, 9.17) is 14.2 Å². The molecule has 228 valence electrons. The number of esters is 2. The van der Waals surface area contributed by atoms with Gasteiger partial charge < -0.3 is 14.2 Å². The van der Waals surface area contributed by atoms with Crippen molar-refractivity contribution < 1.29 is 23.8 Å². The van der Waals surface area contributed by atoms with Gasteiger partial charge in [0.1, 0.15) is 0 Å². The van der Waals surface area contributed by atoms with Crippen molar-refractivity contribution >= 4 is 29.4 Å². The molecule has 8 rings (SSSR count). The van der Waals surface area contributed by atoms with Crippen LogP contribution >= 0.6 is 11.3 Å². The average Bonchev–Trinajstić information content (AvgIpc) is 3.30. The third kappa shape index (κ3) is 4.91. The molecule has 0 radical (unpaired) electrons. The van der Waals surface area contributed by atoms with Crippen LogP contribution in [0.15, 0.2) is 69.6 Å². The van der Waals surface area contributed by atoms with Crippen LogP contribution in [-0.2, 0) is 14.3 Å². The van der Waals surface area contributed by atoms with Gasteiger partial charge in [0.15, 0.2) is 16.3 Å². The fourth-order valence-electron chi connectivity index (χ4n) is 8.32. The van der Waals surface area contributed by atoms with Gasteiger partial charge in [-0.15, -0.1) is 0 Å². The van der Waals surface area contributed by atoms with Crippen molar-refractivity contribution in [1.82, 2.24) is 4.57 Å². The predicted molar refractivity (Wildman–Crippen MR) is 166 cm³/mol. The van der Waals surface area contributed by atoms with Crippen molar-refractivity contribution in [2.75, 3.05) is 13.7 Å². The van der Waals surface area contributed by atoms with Gasteiger partial charge in [0.2, 0.25) is 0 Å². The number of rotatable bonds is 7. The number of allylic oxidation sites excluding steroid dienone is 1. The first-order valence-electron chi connectivity index (χ1n) is 15.4. The van der Waals surface area contributed by atoms with Gasteiger partial charge in [-0.2, -0.15) is 0 Å². The van der Waals surface area contributed by atoms with Gasteiger partial charge in [-0.05, 0) is 99.5 Å². The Bertz CT molecular complexity index is 1820. The Morgan fingerprint density at radius 1 is 1.02 bits per heavy atom. The van der Waals surface area contributed by atoms with E-state index >= 15 is 0 Å². The van der Waals surface area contributed by atoms with E-state index in [-0.39, 0.29) is 23.6 Å². The summed E-state index contributed by atoms with van der Waals surface area (Å²) < 4.78 is 19.1. The maximum Gasteiger partial charge on any atom is 0.338 e. The molecular formula is C35H36N2O6S. The van der Waals surface area contributed by atoms with E-state index in [2.05, 4.69) is 4.99 Å². The molecule has 8 nitrogen and oxygen atoms in total. The summed E-state index contributed by atoms with van der Waals surface area (Å²) in [6, 6.07) is 14.1. The highest BCUT2D eigenvalue weighted by atomic mass is 32.1. The predicted octanol–water partition coefficient (Wildman–Crippen LogP) is 4.93. The van der Waals surface area contributed by atoms with E-state index < -0.39 is 12.0 Å². The normalized spacial score (nSPS) is 27.1. The molecule has 4 bridgehead atoms. The third-order valence-corrected chi connectivity index (χ3v) is 10.8. The highest BCUT2D eigenvalue weighted by Gasteiger charge is 2.55. The lowest BCUT2D eigenvalue weighted by Gasteiger charge is -2.55. The zero-order chi connectivity index (χ0) is 30.6. The van der Waals surface area contributed by atoms with Gasteiger partial charge in [-0.3, -0.25) is 14.2 Å². The fraction of sp³-hybridized carbons (Fsp3) is 0.429. The molecule has 1 aliphatic heterocycles. The van der Waals surface area contributed by atoms with Crippen molar-refractivity contribution in [2.24, 2.45) is 28.2 Å². The van der Waals surface area contributed by atoms with Crippen molar-refractivity contribution in [3.8, 4) is 11.5 Å². The molecule has 4 aliphatic carbocycles. The lowest BCUT2D eigenvalue weighted by atomic mass is 9.49. The summed E-state index contributed by atoms with van der Waals surface area (Å²) in [5.41, 5.74) is 1.76. The molecule has 3 aromatic rings. The van der Waals surface area contributed by atoms with E-state index in [0.717, 1.165) is 30.4 Å². The largest absolute Gasteiger partial charge is 0.493 e. The Morgan fingerprint density at radius 2 is 1.70 bits per heavy atom. The standard InChI is InChI=1S/C35H36N2O6S/c1-4-42-32(39)29-20(2)36-34-37(30(29)25-8-6-5-7-9-25)31(38)28(44-34)16-21-10-11-26(27(15-21)41-3)43-33(40)35-17-22-12-23(18-35)14-24(13-22)19-35/h5-11,15-16,22-24,30H,4,12-14,17-19H2,1-3H3/b28-16+. The van der Waals surface area contributed by atoms with Gasteiger partial charge in [0.25, 0.3) is 5.56 Å². The van der Waals surface area contributed by atoms with Gasteiger partial charge >= 0.3 is 11.9 Å². The zero-order valence-corrected chi connectivity index (χ0v) is 26.0. The summed E-state index contributed by atoms with van der Waals surface area (Å²) >= 11 is 1.26. The molecule has 0 N–H and O–H groups in total. The summed E-state index contributed by atoms with van der Waals surface area (Å²) in [6.07, 6.45) is 8.34. The van der Waals surface area contributed by atoms with E-state index in [1.807, 2.05) is 36.4 Å². The maximum absolute atomic E-state index is 13.9. The molecule has 9 heteroatoms. The second-order valence-electron chi connectivity index (χ2n) is 12.7. The maximum atomic E-state index is 13.9. The quantitative estimate of drug-likeness (QED) is 0.278. The Balaban J connectivity index is 1.22. The summed E-state index contributed by atoms with van der Waals surface area (Å²) in [4.78, 5) is 45.7. The number of ether oxygens (including phenoxy) is 3. The Labute approximate surface area is 259 Å². The minimum absolute atomic E-state index is 0.135. The second kappa shape index (κ2) is 11.2. The van der Waals surface area contributed by atoms with Gasteiger partial charge in [0.05, 0.1) is 41.0 Å². The number of fused-ring (bicyclic) bond motifs is 1. The number of carbonyl (C=O) groups excluding carboxylic acids is 2. The second-order valence-corrected chi connectivity index (χ2v) is 13.7. The van der Waals surface area contributed by atoms with Gasteiger partial charge in [0, 0.05) is 0 Å². The summed E-state index contributed by atoms with van der Waals surface area (Å²) in [7, 11) is 1.55. The number of nitrogens with zero attached hydrogens (tertiary/aromatic N) is 2. The minimum atomic E-state index is -0.658. The number of hydrogen-bond donors (Lipinski definition) is 0. The first-order chi connectivity index (χ1) is 21.3. The average molecular weight is 613 g/mol. The first kappa shape index (κ1) is 28.8. The fourth-order valence-corrected chi connectivity index (χ4v) is 9.37. The smallest absolute Gasteiger partial charge is 0.338 e. The van der Waals surface area contributed by atoms with Gasteiger partial charge in [-0.25, -0.2) is 9.79 Å². The van der Waals surface area contributed by atoms with Crippen LogP contribution in [0.3, 0.4) is 0 Å². The lowest BCUT2D eigenvalue weighted by Crippen LogP contribution is -2.51. The first-order valence-corrected chi connectivity index (χ1v) is 16.2. The van der Waals surface area contributed by atoms with Crippen LogP contribution in [-0.4, -0.2) is 30.2 Å². The van der Waals surface area contributed by atoms with E-state index in [9.17, 15) is 14.4 Å². The SMILES string of the molecule is CCOC(=O)C1=C(C)N=c2s/c(=C/c3ccc(OC(=O)C45CC6CC(CC(C6)C4)C5)c(OC)c3)c(=O)n2C1c1ccccc1. The van der Waals surface area contributed by atoms with Crippen LogP contribution in [0.1, 0.15) is 69.5 Å². The molecule has 1 unspecified atom stereocenters. The molecule has 4 saturated carbocycles. The summed E-state index contributed by atoms with van der Waals surface area (Å²) in [5.74, 6) is 2.14. The van der Waals surface area contributed by atoms with E-state index in [1.165, 1.54) is 30.6 Å². The molecule has 1 atom stereocenters. The number of carbonyl (C=O) groups is 2. The van der Waals surface area contributed by atoms with Crippen LogP contribution in [0, 0.1) is 23.2 Å². The molecule has 4 fully saturated rings. The molecule has 0 amide bonds. The highest BCUT2D eigenvalue weighted by Crippen LogP contribution is 2.60. The Morgan fingerprint density at radius 3 is 2.34 bits per heavy atom. The molecular weight excluding hydrogens is 576 g/mol. The molecule has 0 saturated heterocycles. The van der Waals surface area contributed by atoms with Crippen LogP contribution in [0.5, 0.6) is 11.5 Å². The summed E-state index contributed by atoms with van der Waals surface area (Å²) in [5, 5.41) is 0. The van der Waals surface area contributed by atoms with Crippen molar-refractivity contribution in [2.45, 2.75) is 58.4 Å². The van der Waals surface area contributed by atoms with Crippen molar-refractivity contribution in [1.29, 1.82) is 0 Å². The monoisotopic (exact) mass is 612 g/mol. The summed E-state index contributed by atoms with van der Waals surface area (Å²) in [6.45, 7) is 3.75. The van der Waals surface area contributed by atoms with Crippen molar-refractivity contribution in [3.05, 3.63) is 90.6 Å². The Hall–Kier alpha value is -3.98. The van der Waals surface area contributed by atoms with Crippen molar-refractivity contribution in [3.63, 3.8) is 0 Å². The van der Waals surface area contributed by atoms with E-state index in [0.29, 0.717) is 49.9 Å². The van der Waals surface area contributed by atoms with Gasteiger partial charge in [-0.1, -0.05) is 47.7 Å². The van der Waals surface area contributed by atoms with Crippen LogP contribution in [0.25, 0.3) is 6.08 Å². The number of methoxy groups -OCH3 is 1. The zero-order valence-electron chi connectivity index (χ0n) is 25.2. The number of hydrogen-bond acceptors (Lipinski definition) is 8. The lowest BCUT2D eigenvalue weighted by molar-refractivity contribution is -0.161. The van der Waals surface area contributed by atoms with Crippen LogP contribution in [0.4, 0.5) is 0 Å².